The van der Waals surface area contributed by atoms with Crippen molar-refractivity contribution in [2.45, 2.75) is 12.8 Å². The number of anilines is 2. The highest BCUT2D eigenvalue weighted by Crippen LogP contribution is 2.33. The minimum Gasteiger partial charge on any atom is -0.494 e. The quantitative estimate of drug-likeness (QED) is 0.744. The summed E-state index contributed by atoms with van der Waals surface area (Å²) in [6.07, 6.45) is 4.63. The van der Waals surface area contributed by atoms with Crippen molar-refractivity contribution in [3.8, 4) is 5.75 Å². The average Bonchev–Trinajstić information content (AvgIpc) is 3.06. The Kier molecular flexibility index (Phi) is 5.73. The Labute approximate surface area is 160 Å². The van der Waals surface area contributed by atoms with Gasteiger partial charge in [-0.1, -0.05) is 28.1 Å². The highest BCUT2D eigenvalue weighted by atomic mass is 79.9. The topological polar surface area (TPSA) is 58.6 Å². The maximum atomic E-state index is 12.1. The molecular weight excluding hydrogens is 396 g/mol. The van der Waals surface area contributed by atoms with Crippen LogP contribution in [0.2, 0.25) is 0 Å². The summed E-state index contributed by atoms with van der Waals surface area (Å²) in [7, 11) is 1.55. The van der Waals surface area contributed by atoms with Gasteiger partial charge in [0.1, 0.15) is 5.75 Å². The summed E-state index contributed by atoms with van der Waals surface area (Å²) in [5, 5.41) is 2.81. The number of carbonyl (C=O) groups excluding carboxylic acids is 2. The third-order valence-electron chi connectivity index (χ3n) is 4.09. The molecule has 0 aliphatic carbocycles. The average molecular weight is 415 g/mol. The SMILES string of the molecule is COc1cc(NC(=O)/C=C/c2cccc(Br)c2)ccc1N1CCCC1=O. The molecule has 0 spiro atoms. The second kappa shape index (κ2) is 8.19. The minimum absolute atomic E-state index is 0.0945. The predicted molar refractivity (Wildman–Crippen MR) is 106 cm³/mol. The van der Waals surface area contributed by atoms with Crippen LogP contribution >= 0.6 is 15.9 Å². The third-order valence-corrected chi connectivity index (χ3v) is 4.58. The number of ether oxygens (including phenoxy) is 1. The Hall–Kier alpha value is -2.60. The molecule has 0 aromatic heterocycles. The number of nitrogens with zero attached hydrogens (tertiary/aromatic N) is 1. The van der Waals surface area contributed by atoms with Crippen LogP contribution in [-0.4, -0.2) is 25.5 Å². The van der Waals surface area contributed by atoms with Crippen LogP contribution in [0.1, 0.15) is 18.4 Å². The second-order valence-corrected chi connectivity index (χ2v) is 6.83. The van der Waals surface area contributed by atoms with E-state index in [1.165, 1.54) is 6.08 Å². The van der Waals surface area contributed by atoms with Crippen molar-refractivity contribution in [3.63, 3.8) is 0 Å². The van der Waals surface area contributed by atoms with E-state index in [0.717, 1.165) is 22.1 Å². The van der Waals surface area contributed by atoms with Gasteiger partial charge in [0.15, 0.2) is 0 Å². The highest BCUT2D eigenvalue weighted by molar-refractivity contribution is 9.10. The fraction of sp³-hybridized carbons (Fsp3) is 0.200. The van der Waals surface area contributed by atoms with E-state index in [-0.39, 0.29) is 11.8 Å². The van der Waals surface area contributed by atoms with Crippen LogP contribution in [0, 0.1) is 0 Å². The van der Waals surface area contributed by atoms with Gasteiger partial charge >= 0.3 is 0 Å². The van der Waals surface area contributed by atoms with Crippen molar-refractivity contribution < 1.29 is 14.3 Å². The van der Waals surface area contributed by atoms with Crippen LogP contribution in [0.4, 0.5) is 11.4 Å². The van der Waals surface area contributed by atoms with Gasteiger partial charge in [-0.05, 0) is 42.3 Å². The molecule has 1 fully saturated rings. The Morgan fingerprint density at radius 1 is 1.27 bits per heavy atom. The van der Waals surface area contributed by atoms with E-state index in [4.69, 9.17) is 4.74 Å². The van der Waals surface area contributed by atoms with Crippen LogP contribution in [-0.2, 0) is 9.59 Å². The zero-order valence-corrected chi connectivity index (χ0v) is 16.0. The second-order valence-electron chi connectivity index (χ2n) is 5.91. The first-order chi connectivity index (χ1) is 12.6. The lowest BCUT2D eigenvalue weighted by Crippen LogP contribution is -2.24. The number of amides is 2. The number of methoxy groups -OCH3 is 1. The summed E-state index contributed by atoms with van der Waals surface area (Å²) in [5.41, 5.74) is 2.27. The predicted octanol–water partition coefficient (Wildman–Crippen LogP) is 4.24. The number of carbonyl (C=O) groups is 2. The molecule has 5 nitrogen and oxygen atoms in total. The fourth-order valence-corrected chi connectivity index (χ4v) is 3.26. The van der Waals surface area contributed by atoms with Crippen LogP contribution in [0.3, 0.4) is 0 Å². The van der Waals surface area contributed by atoms with Gasteiger partial charge < -0.3 is 15.0 Å². The molecule has 134 valence electrons. The largest absolute Gasteiger partial charge is 0.494 e. The normalized spacial score (nSPS) is 14.1. The van der Waals surface area contributed by atoms with Gasteiger partial charge in [-0.25, -0.2) is 0 Å². The molecule has 0 atom stereocenters. The lowest BCUT2D eigenvalue weighted by atomic mass is 10.2. The van der Waals surface area contributed by atoms with Gasteiger partial charge in [0, 0.05) is 35.3 Å². The van der Waals surface area contributed by atoms with Crippen molar-refractivity contribution >= 4 is 45.2 Å². The monoisotopic (exact) mass is 414 g/mol. The maximum absolute atomic E-state index is 12.1. The van der Waals surface area contributed by atoms with Crippen molar-refractivity contribution in [2.75, 3.05) is 23.9 Å². The van der Waals surface area contributed by atoms with Gasteiger partial charge in [-0.15, -0.1) is 0 Å². The molecule has 0 saturated carbocycles. The minimum atomic E-state index is -0.239. The smallest absolute Gasteiger partial charge is 0.248 e. The molecule has 2 aromatic rings. The molecule has 2 aromatic carbocycles. The number of nitrogens with one attached hydrogen (secondary N) is 1. The standard InChI is InChI=1S/C20H19BrN2O3/c1-26-18-13-16(8-9-17(18)23-11-3-6-20(23)25)22-19(24)10-7-14-4-2-5-15(21)12-14/h2,4-5,7-10,12-13H,3,6,11H2,1H3,(H,22,24)/b10-7+. The zero-order chi connectivity index (χ0) is 18.5. The van der Waals surface area contributed by atoms with E-state index >= 15 is 0 Å². The van der Waals surface area contributed by atoms with Crippen molar-refractivity contribution in [3.05, 3.63) is 58.6 Å². The molecule has 0 radical (unpaired) electrons. The first-order valence-corrected chi connectivity index (χ1v) is 9.09. The van der Waals surface area contributed by atoms with Crippen molar-refractivity contribution in [2.24, 2.45) is 0 Å². The summed E-state index contributed by atoms with van der Waals surface area (Å²) >= 11 is 3.40. The number of hydrogen-bond donors (Lipinski definition) is 1. The molecule has 1 saturated heterocycles. The van der Waals surface area contributed by atoms with Crippen LogP contribution < -0.4 is 15.0 Å². The van der Waals surface area contributed by atoms with Crippen molar-refractivity contribution in [1.82, 2.24) is 0 Å². The maximum Gasteiger partial charge on any atom is 0.248 e. The molecule has 0 bridgehead atoms. The van der Waals surface area contributed by atoms with Crippen LogP contribution in [0.25, 0.3) is 6.08 Å². The van der Waals surface area contributed by atoms with Crippen molar-refractivity contribution in [1.29, 1.82) is 0 Å². The van der Waals surface area contributed by atoms with E-state index in [9.17, 15) is 9.59 Å². The lowest BCUT2D eigenvalue weighted by molar-refractivity contribution is -0.117. The highest BCUT2D eigenvalue weighted by Gasteiger charge is 2.24. The first-order valence-electron chi connectivity index (χ1n) is 8.30. The Bertz CT molecular complexity index is 864. The zero-order valence-electron chi connectivity index (χ0n) is 14.4. The molecule has 1 aliphatic heterocycles. The molecular formula is C20H19BrN2O3. The third kappa shape index (κ3) is 4.32. The number of rotatable bonds is 5. The van der Waals surface area contributed by atoms with E-state index in [0.29, 0.717) is 24.4 Å². The Morgan fingerprint density at radius 2 is 2.12 bits per heavy atom. The van der Waals surface area contributed by atoms with Gasteiger partial charge in [-0.3, -0.25) is 9.59 Å². The van der Waals surface area contributed by atoms with E-state index in [2.05, 4.69) is 21.2 Å². The first kappa shape index (κ1) is 18.2. The van der Waals surface area contributed by atoms with Gasteiger partial charge in [0.25, 0.3) is 0 Å². The molecule has 0 unspecified atom stereocenters. The molecule has 1 N–H and O–H groups in total. The molecule has 2 amide bonds. The van der Waals surface area contributed by atoms with Gasteiger partial charge in [0.05, 0.1) is 12.8 Å². The van der Waals surface area contributed by atoms with Crippen LogP contribution in [0.15, 0.2) is 53.0 Å². The summed E-state index contributed by atoms with van der Waals surface area (Å²) in [6, 6.07) is 13.0. The summed E-state index contributed by atoms with van der Waals surface area (Å²) in [6.45, 7) is 0.691. The summed E-state index contributed by atoms with van der Waals surface area (Å²) in [4.78, 5) is 25.8. The molecule has 1 heterocycles. The lowest BCUT2D eigenvalue weighted by Gasteiger charge is -2.19. The number of benzene rings is 2. The van der Waals surface area contributed by atoms with Gasteiger partial charge in [0.2, 0.25) is 11.8 Å². The van der Waals surface area contributed by atoms with E-state index < -0.39 is 0 Å². The van der Waals surface area contributed by atoms with E-state index in [1.54, 1.807) is 36.3 Å². The Morgan fingerprint density at radius 3 is 2.81 bits per heavy atom. The van der Waals surface area contributed by atoms with E-state index in [1.807, 2.05) is 24.3 Å². The summed E-state index contributed by atoms with van der Waals surface area (Å²) < 4.78 is 6.36. The molecule has 3 rings (SSSR count). The number of hydrogen-bond acceptors (Lipinski definition) is 3. The van der Waals surface area contributed by atoms with Crippen LogP contribution in [0.5, 0.6) is 5.75 Å². The molecule has 26 heavy (non-hydrogen) atoms. The Balaban J connectivity index is 1.71. The molecule has 6 heteroatoms. The molecule has 1 aliphatic rings. The summed E-state index contributed by atoms with van der Waals surface area (Å²) in [5.74, 6) is 0.420. The fourth-order valence-electron chi connectivity index (χ4n) is 2.85. The van der Waals surface area contributed by atoms with Gasteiger partial charge in [-0.2, -0.15) is 0 Å². The number of halogens is 1.